The Morgan fingerprint density at radius 1 is 1.36 bits per heavy atom. The van der Waals surface area contributed by atoms with Crippen LogP contribution in [0, 0.1) is 0 Å². The van der Waals surface area contributed by atoms with E-state index in [2.05, 4.69) is 18.8 Å². The fourth-order valence-corrected chi connectivity index (χ4v) is 4.48. The lowest BCUT2D eigenvalue weighted by molar-refractivity contribution is -0.0947. The summed E-state index contributed by atoms with van der Waals surface area (Å²) in [4.78, 5) is 34.4. The van der Waals surface area contributed by atoms with E-state index in [1.54, 1.807) is 6.07 Å². The van der Waals surface area contributed by atoms with Crippen LogP contribution in [0.3, 0.4) is 0 Å². The number of aliphatic hydroxyl groups is 2. The van der Waals surface area contributed by atoms with Gasteiger partial charge in [0.05, 0.1) is 12.0 Å². The largest absolute Gasteiger partial charge is 0.481 e. The summed E-state index contributed by atoms with van der Waals surface area (Å²) < 4.78 is 37.3. The summed E-state index contributed by atoms with van der Waals surface area (Å²) in [5.74, 6) is 0.192. The molecule has 156 valence electrons. The molecule has 1 fully saturated rings. The van der Waals surface area contributed by atoms with Gasteiger partial charge in [0.15, 0.2) is 6.23 Å². The van der Waals surface area contributed by atoms with Gasteiger partial charge in [-0.3, -0.25) is 4.52 Å². The number of hydrogen-bond acceptors (Lipinski definition) is 10. The molecule has 7 N–H and O–H groups in total. The number of nitrogens with zero attached hydrogens (tertiary/aromatic N) is 3. The molecule has 2 aromatic rings. The van der Waals surface area contributed by atoms with E-state index in [9.17, 15) is 24.2 Å². The Labute approximate surface area is 157 Å². The fraction of sp³-hybridized carbons (Fsp3) is 0.500. The summed E-state index contributed by atoms with van der Waals surface area (Å²) in [6, 6.07) is 1.58. The van der Waals surface area contributed by atoms with Crippen molar-refractivity contribution >= 4 is 32.5 Å². The lowest BCUT2D eigenvalue weighted by atomic mass is 9.96. The molecule has 0 bridgehead atoms. The minimum Gasteiger partial charge on any atom is -0.387 e. The van der Waals surface area contributed by atoms with E-state index in [1.165, 1.54) is 24.0 Å². The maximum atomic E-state index is 11.6. The highest BCUT2D eigenvalue weighted by atomic mass is 31.3. The molecule has 3 rings (SSSR count). The number of fused-ring (bicyclic) bond motifs is 1. The van der Waals surface area contributed by atoms with Crippen LogP contribution in [0.4, 0.5) is 5.82 Å². The summed E-state index contributed by atoms with van der Waals surface area (Å²) in [5.41, 5.74) is 4.19. The number of phosphoric ester groups is 1. The van der Waals surface area contributed by atoms with Crippen LogP contribution < -0.4 is 5.73 Å². The SMILES string of the molecule is CC1(O)C(O)C(COP(=O)(O)OP(=O)(O)O)OC1n1ccc2c(N)ncnc21. The van der Waals surface area contributed by atoms with Crippen LogP contribution in [0.1, 0.15) is 13.2 Å². The Morgan fingerprint density at radius 3 is 2.68 bits per heavy atom. The summed E-state index contributed by atoms with van der Waals surface area (Å²) in [6.45, 7) is 0.460. The zero-order chi connectivity index (χ0) is 20.9. The highest BCUT2D eigenvalue weighted by Gasteiger charge is 2.54. The van der Waals surface area contributed by atoms with Crippen LogP contribution in [-0.4, -0.2) is 63.8 Å². The number of rotatable bonds is 6. The van der Waals surface area contributed by atoms with Gasteiger partial charge in [0.2, 0.25) is 0 Å². The van der Waals surface area contributed by atoms with E-state index in [0.717, 1.165) is 0 Å². The normalized spacial score (nSPS) is 30.6. The molecule has 5 unspecified atom stereocenters. The molecule has 1 aliphatic heterocycles. The molecule has 0 spiro atoms. The number of nitrogens with two attached hydrogens (primary N) is 1. The molecule has 1 aliphatic rings. The third kappa shape index (κ3) is 4.11. The Balaban J connectivity index is 1.81. The van der Waals surface area contributed by atoms with Gasteiger partial charge >= 0.3 is 15.6 Å². The van der Waals surface area contributed by atoms with Gasteiger partial charge < -0.3 is 39.9 Å². The minimum atomic E-state index is -5.29. The number of aromatic nitrogens is 3. The Hall–Kier alpha value is -1.44. The zero-order valence-corrected chi connectivity index (χ0v) is 16.1. The zero-order valence-electron chi connectivity index (χ0n) is 14.3. The Morgan fingerprint density at radius 2 is 2.04 bits per heavy atom. The van der Waals surface area contributed by atoms with E-state index in [4.69, 9.17) is 20.3 Å². The second kappa shape index (κ2) is 7.11. The van der Waals surface area contributed by atoms with Crippen molar-refractivity contribution in [2.24, 2.45) is 0 Å². The maximum absolute atomic E-state index is 11.6. The summed E-state index contributed by atoms with van der Waals surface area (Å²) in [6.07, 6.45) is -1.42. The van der Waals surface area contributed by atoms with Gasteiger partial charge in [-0.05, 0) is 13.0 Å². The van der Waals surface area contributed by atoms with Crippen LogP contribution in [-0.2, 0) is 22.7 Å². The number of aliphatic hydroxyl groups excluding tert-OH is 1. The third-order valence-corrected chi connectivity index (χ3v) is 6.31. The van der Waals surface area contributed by atoms with E-state index < -0.39 is 46.3 Å². The average Bonchev–Trinajstić information content (AvgIpc) is 3.05. The second-order valence-corrected chi connectivity index (χ2v) is 9.08. The molecule has 2 aromatic heterocycles. The number of phosphoric acid groups is 2. The highest BCUT2D eigenvalue weighted by Crippen LogP contribution is 2.58. The molecule has 0 aromatic carbocycles. The molecule has 0 radical (unpaired) electrons. The summed E-state index contributed by atoms with van der Waals surface area (Å²) in [7, 11) is -10.4. The predicted molar refractivity (Wildman–Crippen MR) is 91.4 cm³/mol. The predicted octanol–water partition coefficient (Wildman–Crippen LogP) is -0.751. The minimum absolute atomic E-state index is 0.192. The first-order valence-electron chi connectivity index (χ1n) is 7.69. The van der Waals surface area contributed by atoms with Crippen molar-refractivity contribution in [1.82, 2.24) is 14.5 Å². The summed E-state index contributed by atoms with van der Waals surface area (Å²) >= 11 is 0. The second-order valence-electron chi connectivity index (χ2n) is 6.25. The molecule has 5 atom stereocenters. The van der Waals surface area contributed by atoms with Gasteiger partial charge in [-0.15, -0.1) is 0 Å². The molecule has 0 saturated carbocycles. The maximum Gasteiger partial charge on any atom is 0.481 e. The average molecular weight is 440 g/mol. The van der Waals surface area contributed by atoms with E-state index >= 15 is 0 Å². The topological polar surface area (TPSA) is 220 Å². The van der Waals surface area contributed by atoms with Crippen LogP contribution in [0.5, 0.6) is 0 Å². The fourth-order valence-electron chi connectivity index (χ4n) is 2.88. The van der Waals surface area contributed by atoms with Crippen molar-refractivity contribution in [2.45, 2.75) is 31.0 Å². The first-order chi connectivity index (χ1) is 12.8. The monoisotopic (exact) mass is 440 g/mol. The molecule has 0 aliphatic carbocycles. The standard InChI is InChI=1S/C12H18N4O10P2/c1-12(18)8(17)7(4-24-28(22,23)26-27(19,20)21)25-11(12)16-3-2-6-9(13)14-5-15-10(6)16/h2-3,5,7-8,11,17-18H,4H2,1H3,(H,22,23)(H2,13,14,15)(H2,19,20,21). The number of hydrogen-bond donors (Lipinski definition) is 6. The smallest absolute Gasteiger partial charge is 0.387 e. The molecule has 28 heavy (non-hydrogen) atoms. The van der Waals surface area contributed by atoms with Gasteiger partial charge in [-0.2, -0.15) is 4.31 Å². The lowest BCUT2D eigenvalue weighted by Gasteiger charge is -2.27. The molecular formula is C12H18N4O10P2. The van der Waals surface area contributed by atoms with Crippen molar-refractivity contribution in [3.05, 3.63) is 18.6 Å². The van der Waals surface area contributed by atoms with Crippen LogP contribution in [0.15, 0.2) is 18.6 Å². The molecule has 16 heteroatoms. The lowest BCUT2D eigenvalue weighted by Crippen LogP contribution is -2.44. The highest BCUT2D eigenvalue weighted by molar-refractivity contribution is 7.60. The van der Waals surface area contributed by atoms with Crippen molar-refractivity contribution < 1.29 is 47.6 Å². The van der Waals surface area contributed by atoms with E-state index in [1.807, 2.05) is 0 Å². The molecular weight excluding hydrogens is 422 g/mol. The summed E-state index contributed by atoms with van der Waals surface area (Å²) in [5, 5.41) is 21.5. The molecule has 0 amide bonds. The van der Waals surface area contributed by atoms with Crippen LogP contribution >= 0.6 is 15.6 Å². The molecule has 3 heterocycles. The van der Waals surface area contributed by atoms with Crippen molar-refractivity contribution in [2.75, 3.05) is 12.3 Å². The van der Waals surface area contributed by atoms with Crippen LogP contribution in [0.2, 0.25) is 0 Å². The van der Waals surface area contributed by atoms with Crippen molar-refractivity contribution in [1.29, 1.82) is 0 Å². The quantitative estimate of drug-likeness (QED) is 0.305. The number of anilines is 1. The van der Waals surface area contributed by atoms with Gasteiger partial charge in [-0.1, -0.05) is 0 Å². The number of ether oxygens (including phenoxy) is 1. The third-order valence-electron chi connectivity index (χ3n) is 4.16. The van der Waals surface area contributed by atoms with Crippen LogP contribution in [0.25, 0.3) is 11.0 Å². The van der Waals surface area contributed by atoms with E-state index in [-0.39, 0.29) is 5.82 Å². The van der Waals surface area contributed by atoms with Gasteiger partial charge in [0.25, 0.3) is 0 Å². The van der Waals surface area contributed by atoms with Gasteiger partial charge in [-0.25, -0.2) is 19.1 Å². The molecule has 1 saturated heterocycles. The first kappa shape index (κ1) is 21.3. The van der Waals surface area contributed by atoms with Gasteiger partial charge in [0.1, 0.15) is 35.6 Å². The number of nitrogen functional groups attached to an aromatic ring is 1. The van der Waals surface area contributed by atoms with Crippen molar-refractivity contribution in [3.8, 4) is 0 Å². The van der Waals surface area contributed by atoms with Crippen molar-refractivity contribution in [3.63, 3.8) is 0 Å². The first-order valence-corrected chi connectivity index (χ1v) is 10.7. The Kier molecular flexibility index (Phi) is 5.40. The van der Waals surface area contributed by atoms with Gasteiger partial charge in [0, 0.05) is 6.20 Å². The van der Waals surface area contributed by atoms with E-state index in [0.29, 0.717) is 11.0 Å². The Bertz CT molecular complexity index is 974. The molecule has 14 nitrogen and oxygen atoms in total.